The molecular weight excluding hydrogens is 246 g/mol. The highest BCUT2D eigenvalue weighted by Crippen LogP contribution is 2.17. The maximum atomic E-state index is 5.57. The number of nitrogens with zero attached hydrogens (tertiary/aromatic N) is 1. The van der Waals surface area contributed by atoms with E-state index in [1.165, 1.54) is 0 Å². The Morgan fingerprint density at radius 1 is 0.944 bits per heavy atom. The van der Waals surface area contributed by atoms with Gasteiger partial charge >= 0.3 is 8.80 Å². The van der Waals surface area contributed by atoms with Gasteiger partial charge in [0, 0.05) is 45.3 Å². The Labute approximate surface area is 111 Å². The lowest BCUT2D eigenvalue weighted by Gasteiger charge is -2.31. The molecule has 0 unspecified atom stereocenters. The van der Waals surface area contributed by atoms with Crippen molar-refractivity contribution >= 4 is 19.7 Å². The number of hydrogen-bond acceptors (Lipinski definition) is 4. The Morgan fingerprint density at radius 3 is 1.89 bits per heavy atom. The molecule has 0 aliphatic heterocycles. The van der Waals surface area contributed by atoms with Gasteiger partial charge < -0.3 is 18.2 Å². The molecule has 0 N–H and O–H groups in total. The van der Waals surface area contributed by atoms with Gasteiger partial charge in [-0.25, -0.2) is 0 Å². The van der Waals surface area contributed by atoms with E-state index in [-0.39, 0.29) is 0 Å². The summed E-state index contributed by atoms with van der Waals surface area (Å²) in [5.41, 5.74) is 1.12. The van der Waals surface area contributed by atoms with E-state index in [4.69, 9.17) is 13.3 Å². The van der Waals surface area contributed by atoms with E-state index in [0.717, 1.165) is 24.0 Å². The summed E-state index contributed by atoms with van der Waals surface area (Å²) in [5, 5.41) is 1.02. The van der Waals surface area contributed by atoms with Crippen LogP contribution in [0.4, 0.5) is 5.69 Å². The van der Waals surface area contributed by atoms with Crippen molar-refractivity contribution in [2.24, 2.45) is 0 Å². The molecule has 0 radical (unpaired) electrons. The minimum absolute atomic E-state index is 0.940. The van der Waals surface area contributed by atoms with Gasteiger partial charge in [0.1, 0.15) is 0 Å². The zero-order valence-electron chi connectivity index (χ0n) is 11.9. The normalized spacial score (nSPS) is 11.6. The Morgan fingerprint density at radius 2 is 1.44 bits per heavy atom. The first kappa shape index (κ1) is 15.2. The fraction of sp³-hybridized carbons (Fsp3) is 0.538. The highest BCUT2D eigenvalue weighted by Gasteiger charge is 2.43. The highest BCUT2D eigenvalue weighted by molar-refractivity contribution is 6.76. The second-order valence-electron chi connectivity index (χ2n) is 3.86. The quantitative estimate of drug-likeness (QED) is 0.704. The average Bonchev–Trinajstić information content (AvgIpc) is 2.44. The molecule has 102 valence electrons. The van der Waals surface area contributed by atoms with Crippen LogP contribution in [-0.2, 0) is 13.3 Å². The first-order valence-corrected chi connectivity index (χ1v) is 7.91. The molecule has 0 amide bonds. The van der Waals surface area contributed by atoms with Crippen molar-refractivity contribution in [2.45, 2.75) is 13.8 Å². The van der Waals surface area contributed by atoms with E-state index in [1.54, 1.807) is 21.3 Å². The largest absolute Gasteiger partial charge is 0.538 e. The summed E-state index contributed by atoms with van der Waals surface area (Å²) in [6.07, 6.45) is 0. The zero-order chi connectivity index (χ0) is 13.6. The first-order valence-electron chi connectivity index (χ1n) is 6.18. The van der Waals surface area contributed by atoms with Gasteiger partial charge in [-0.1, -0.05) is 18.2 Å². The van der Waals surface area contributed by atoms with Crippen LogP contribution in [0.15, 0.2) is 24.3 Å². The lowest BCUT2D eigenvalue weighted by molar-refractivity contribution is 0.140. The summed E-state index contributed by atoms with van der Waals surface area (Å²) < 4.78 is 16.7. The van der Waals surface area contributed by atoms with Gasteiger partial charge in [-0.05, 0) is 19.9 Å². The second kappa shape index (κ2) is 6.89. The number of benzene rings is 1. The molecule has 0 atom stereocenters. The van der Waals surface area contributed by atoms with Gasteiger partial charge in [-0.15, -0.1) is 0 Å². The number of hydrogen-bond donors (Lipinski definition) is 0. The molecular formula is C13H23NO3Si. The molecule has 0 spiro atoms. The third-order valence-electron chi connectivity index (χ3n) is 3.14. The summed E-state index contributed by atoms with van der Waals surface area (Å²) in [6, 6.07) is 8.12. The van der Waals surface area contributed by atoms with Crippen molar-refractivity contribution in [3.8, 4) is 0 Å². The summed E-state index contributed by atoms with van der Waals surface area (Å²) in [4.78, 5) is 2.27. The predicted molar refractivity (Wildman–Crippen MR) is 76.4 cm³/mol. The molecule has 0 aromatic heterocycles. The van der Waals surface area contributed by atoms with Crippen molar-refractivity contribution in [1.29, 1.82) is 0 Å². The third kappa shape index (κ3) is 2.75. The Kier molecular flexibility index (Phi) is 5.81. The van der Waals surface area contributed by atoms with Gasteiger partial charge in [-0.3, -0.25) is 0 Å². The standard InChI is InChI=1S/C13H23NO3Si/c1-6-14(7-2)12-10-8-9-11-13(12)18(15-3,16-4)17-5/h8-11H,6-7H2,1-5H3. The van der Waals surface area contributed by atoms with Gasteiger partial charge in [0.2, 0.25) is 0 Å². The van der Waals surface area contributed by atoms with Crippen molar-refractivity contribution in [2.75, 3.05) is 39.3 Å². The van der Waals surface area contributed by atoms with Crippen molar-refractivity contribution < 1.29 is 13.3 Å². The molecule has 1 aromatic carbocycles. The van der Waals surface area contributed by atoms with E-state index < -0.39 is 8.80 Å². The van der Waals surface area contributed by atoms with E-state index >= 15 is 0 Å². The fourth-order valence-corrected chi connectivity index (χ4v) is 4.17. The number of rotatable bonds is 7. The molecule has 0 saturated carbocycles. The number of anilines is 1. The molecule has 0 aliphatic carbocycles. The van der Waals surface area contributed by atoms with E-state index in [0.29, 0.717) is 0 Å². The van der Waals surface area contributed by atoms with E-state index in [1.807, 2.05) is 18.2 Å². The van der Waals surface area contributed by atoms with Crippen molar-refractivity contribution in [3.63, 3.8) is 0 Å². The fourth-order valence-electron chi connectivity index (χ4n) is 2.15. The summed E-state index contributed by atoms with van der Waals surface area (Å²) >= 11 is 0. The average molecular weight is 269 g/mol. The Bertz CT molecular complexity index is 357. The van der Waals surface area contributed by atoms with Crippen molar-refractivity contribution in [3.05, 3.63) is 24.3 Å². The molecule has 1 rings (SSSR count). The van der Waals surface area contributed by atoms with Gasteiger partial charge in [0.05, 0.1) is 0 Å². The first-order chi connectivity index (χ1) is 8.68. The van der Waals surface area contributed by atoms with Crippen LogP contribution in [0.3, 0.4) is 0 Å². The van der Waals surface area contributed by atoms with E-state index in [2.05, 4.69) is 24.8 Å². The molecule has 0 aliphatic rings. The van der Waals surface area contributed by atoms with Crippen molar-refractivity contribution in [1.82, 2.24) is 0 Å². The van der Waals surface area contributed by atoms with Crippen LogP contribution in [0.2, 0.25) is 0 Å². The Hall–Kier alpha value is -0.883. The van der Waals surface area contributed by atoms with Gasteiger partial charge in [0.25, 0.3) is 0 Å². The smallest absolute Gasteiger partial charge is 0.373 e. The maximum Gasteiger partial charge on any atom is 0.538 e. The number of para-hydroxylation sites is 1. The van der Waals surface area contributed by atoms with Crippen LogP contribution < -0.4 is 10.1 Å². The van der Waals surface area contributed by atoms with Crippen LogP contribution >= 0.6 is 0 Å². The van der Waals surface area contributed by atoms with Crippen LogP contribution in [-0.4, -0.2) is 43.2 Å². The minimum Gasteiger partial charge on any atom is -0.373 e. The molecule has 0 saturated heterocycles. The predicted octanol–water partition coefficient (Wildman–Crippen LogP) is 1.62. The van der Waals surface area contributed by atoms with Gasteiger partial charge in [0.15, 0.2) is 0 Å². The molecule has 0 fully saturated rings. The summed E-state index contributed by atoms with van der Waals surface area (Å²) in [7, 11) is 2.14. The SMILES string of the molecule is CCN(CC)c1ccccc1[Si](OC)(OC)OC. The minimum atomic E-state index is -2.78. The highest BCUT2D eigenvalue weighted by atomic mass is 28.4. The van der Waals surface area contributed by atoms with Crippen LogP contribution in [0.25, 0.3) is 0 Å². The van der Waals surface area contributed by atoms with Crippen LogP contribution in [0.1, 0.15) is 13.8 Å². The topological polar surface area (TPSA) is 30.9 Å². The summed E-state index contributed by atoms with van der Waals surface area (Å²) in [5.74, 6) is 0. The molecule has 5 heteroatoms. The molecule has 0 bridgehead atoms. The van der Waals surface area contributed by atoms with Gasteiger partial charge in [-0.2, -0.15) is 0 Å². The van der Waals surface area contributed by atoms with Crippen LogP contribution in [0.5, 0.6) is 0 Å². The molecule has 0 heterocycles. The molecule has 1 aromatic rings. The third-order valence-corrected chi connectivity index (χ3v) is 5.84. The monoisotopic (exact) mass is 269 g/mol. The molecule has 4 nitrogen and oxygen atoms in total. The second-order valence-corrected chi connectivity index (χ2v) is 6.73. The molecule has 18 heavy (non-hydrogen) atoms. The lowest BCUT2D eigenvalue weighted by atomic mass is 10.3. The van der Waals surface area contributed by atoms with Crippen LogP contribution in [0, 0.1) is 0 Å². The summed E-state index contributed by atoms with van der Waals surface area (Å²) in [6.45, 7) is 6.15. The lowest BCUT2D eigenvalue weighted by Crippen LogP contribution is -2.56. The van der Waals surface area contributed by atoms with E-state index in [9.17, 15) is 0 Å². The maximum absolute atomic E-state index is 5.57. The zero-order valence-corrected chi connectivity index (χ0v) is 12.9. The Balaban J connectivity index is 3.30.